The number of nitrogens with zero attached hydrogens (tertiary/aromatic N) is 3. The third-order valence-corrected chi connectivity index (χ3v) is 6.83. The van der Waals surface area contributed by atoms with E-state index < -0.39 is 0 Å². The number of fused-ring (bicyclic) bond motifs is 1. The first-order valence-corrected chi connectivity index (χ1v) is 12.8. The van der Waals surface area contributed by atoms with Crippen LogP contribution in [0.15, 0.2) is 12.3 Å². The van der Waals surface area contributed by atoms with Gasteiger partial charge in [0.2, 0.25) is 5.88 Å². The first-order chi connectivity index (χ1) is 16.7. The van der Waals surface area contributed by atoms with E-state index in [1.165, 1.54) is 25.7 Å². The summed E-state index contributed by atoms with van der Waals surface area (Å²) in [5.41, 5.74) is 1.01. The summed E-state index contributed by atoms with van der Waals surface area (Å²) in [6.45, 7) is 8.20. The lowest BCUT2D eigenvalue weighted by Gasteiger charge is -2.37. The molecule has 3 amide bonds. The maximum Gasteiger partial charge on any atom is 0.317 e. The van der Waals surface area contributed by atoms with Crippen LogP contribution in [0.25, 0.3) is 0 Å². The van der Waals surface area contributed by atoms with Gasteiger partial charge in [0.1, 0.15) is 11.7 Å². The molecule has 1 fully saturated rings. The molecule has 0 radical (unpaired) electrons. The molecule has 1 aromatic heterocycles. The Morgan fingerprint density at radius 3 is 2.71 bits per heavy atom. The summed E-state index contributed by atoms with van der Waals surface area (Å²) in [4.78, 5) is 33.7. The third-order valence-electron chi connectivity index (χ3n) is 6.83. The Balaban J connectivity index is 1.87. The first-order valence-electron chi connectivity index (χ1n) is 12.8. The fraction of sp³-hybridized carbons (Fsp3) is 0.667. The molecular weight excluding hydrogens is 444 g/mol. The number of carbonyl (C=O) groups excluding carboxylic acids is 2. The van der Waals surface area contributed by atoms with E-state index in [-0.39, 0.29) is 48.5 Å². The van der Waals surface area contributed by atoms with Crippen molar-refractivity contribution in [2.45, 2.75) is 78.0 Å². The van der Waals surface area contributed by atoms with Gasteiger partial charge in [-0.3, -0.25) is 4.79 Å². The highest BCUT2D eigenvalue weighted by Crippen LogP contribution is 2.28. The second kappa shape index (κ2) is 12.3. The number of hydrogen-bond acceptors (Lipinski definition) is 5. The summed E-state index contributed by atoms with van der Waals surface area (Å²) >= 11 is 0. The summed E-state index contributed by atoms with van der Waals surface area (Å²) in [7, 11) is 1.73. The molecule has 1 saturated carbocycles. The van der Waals surface area contributed by atoms with Gasteiger partial charge >= 0.3 is 6.03 Å². The average Bonchev–Trinajstić information content (AvgIpc) is 3.34. The van der Waals surface area contributed by atoms with Crippen LogP contribution in [0.2, 0.25) is 0 Å². The summed E-state index contributed by atoms with van der Waals surface area (Å²) in [6.07, 6.45) is 7.16. The molecule has 0 saturated heterocycles. The van der Waals surface area contributed by atoms with E-state index in [2.05, 4.69) is 22.1 Å². The molecular formula is C27H40N4O4. The molecule has 2 aliphatic rings. The van der Waals surface area contributed by atoms with E-state index in [0.717, 1.165) is 6.42 Å². The second-order valence-corrected chi connectivity index (χ2v) is 10.3. The molecule has 3 atom stereocenters. The first kappa shape index (κ1) is 26.8. The molecule has 35 heavy (non-hydrogen) atoms. The quantitative estimate of drug-likeness (QED) is 0.605. The van der Waals surface area contributed by atoms with Crippen molar-refractivity contribution in [1.82, 2.24) is 20.1 Å². The number of aliphatic hydroxyl groups excluding tert-OH is 1. The predicted octanol–water partition coefficient (Wildman–Crippen LogP) is 3.28. The lowest BCUT2D eigenvalue weighted by Crippen LogP contribution is -2.51. The van der Waals surface area contributed by atoms with Crippen molar-refractivity contribution >= 4 is 11.9 Å². The number of aromatic nitrogens is 1. The van der Waals surface area contributed by atoms with Crippen LogP contribution in [0.4, 0.5) is 4.79 Å². The number of urea groups is 1. The van der Waals surface area contributed by atoms with Gasteiger partial charge in [-0.2, -0.15) is 0 Å². The molecule has 2 N–H and O–H groups in total. The van der Waals surface area contributed by atoms with Crippen molar-refractivity contribution in [2.75, 3.05) is 26.7 Å². The van der Waals surface area contributed by atoms with Gasteiger partial charge in [-0.1, -0.05) is 31.6 Å². The third kappa shape index (κ3) is 7.11. The van der Waals surface area contributed by atoms with Crippen LogP contribution < -0.4 is 10.1 Å². The Labute approximate surface area is 209 Å². The fourth-order valence-electron chi connectivity index (χ4n) is 4.61. The topological polar surface area (TPSA) is 95.0 Å². The maximum atomic E-state index is 13.5. The average molecular weight is 485 g/mol. The zero-order chi connectivity index (χ0) is 25.5. The predicted molar refractivity (Wildman–Crippen MR) is 135 cm³/mol. The van der Waals surface area contributed by atoms with E-state index in [1.807, 2.05) is 27.7 Å². The van der Waals surface area contributed by atoms with Gasteiger partial charge in [-0.15, -0.1) is 0 Å². The molecule has 1 aromatic rings. The zero-order valence-electron chi connectivity index (χ0n) is 21.7. The number of likely N-dealkylation sites (N-methyl/N-ethyl adjacent to an activating group) is 1. The number of ether oxygens (including phenoxy) is 1. The number of amides is 3. The number of rotatable bonds is 6. The number of aliphatic hydroxyl groups is 1. The van der Waals surface area contributed by atoms with E-state index in [9.17, 15) is 14.7 Å². The summed E-state index contributed by atoms with van der Waals surface area (Å²) in [6, 6.07) is 1.21. The van der Waals surface area contributed by atoms with Crippen molar-refractivity contribution in [1.29, 1.82) is 0 Å². The number of hydrogen-bond donors (Lipinski definition) is 2. The minimum atomic E-state index is -0.384. The van der Waals surface area contributed by atoms with Gasteiger partial charge in [-0.25, -0.2) is 9.78 Å². The van der Waals surface area contributed by atoms with E-state index >= 15 is 0 Å². The molecule has 192 valence electrons. The molecule has 1 aliphatic heterocycles. The van der Waals surface area contributed by atoms with Crippen molar-refractivity contribution in [3.63, 3.8) is 0 Å². The van der Waals surface area contributed by atoms with Gasteiger partial charge in [0.25, 0.3) is 5.91 Å². The highest BCUT2D eigenvalue weighted by molar-refractivity contribution is 5.97. The minimum Gasteiger partial charge on any atom is -0.472 e. The molecule has 0 spiro atoms. The normalized spacial score (nSPS) is 21.3. The summed E-state index contributed by atoms with van der Waals surface area (Å²) < 4.78 is 6.26. The molecule has 8 nitrogen and oxygen atoms in total. The van der Waals surface area contributed by atoms with Crippen molar-refractivity contribution in [3.05, 3.63) is 23.4 Å². The lowest BCUT2D eigenvalue weighted by atomic mass is 10.00. The SMILES string of the molecule is CC(C)NC(=O)N(C)C[C@H]1Oc2ncc(C#CCC3CCCC3)cc2C(=O)N([C@@H](C)CO)C[C@@H]1C. The molecule has 1 aliphatic carbocycles. The van der Waals surface area contributed by atoms with Gasteiger partial charge in [0, 0.05) is 43.7 Å². The molecule has 2 heterocycles. The van der Waals surface area contributed by atoms with Crippen molar-refractivity contribution < 1.29 is 19.4 Å². The Hall–Kier alpha value is -2.79. The highest BCUT2D eigenvalue weighted by Gasteiger charge is 2.34. The van der Waals surface area contributed by atoms with Gasteiger partial charge < -0.3 is 25.0 Å². The molecule has 3 rings (SSSR count). The van der Waals surface area contributed by atoms with Crippen LogP contribution in [-0.4, -0.2) is 76.8 Å². The second-order valence-electron chi connectivity index (χ2n) is 10.3. The van der Waals surface area contributed by atoms with Crippen LogP contribution >= 0.6 is 0 Å². The van der Waals surface area contributed by atoms with Crippen LogP contribution in [0, 0.1) is 23.7 Å². The largest absolute Gasteiger partial charge is 0.472 e. The molecule has 8 heteroatoms. The fourth-order valence-corrected chi connectivity index (χ4v) is 4.61. The van der Waals surface area contributed by atoms with Crippen molar-refractivity contribution in [3.8, 4) is 17.7 Å². The van der Waals surface area contributed by atoms with Crippen molar-refractivity contribution in [2.24, 2.45) is 11.8 Å². The van der Waals surface area contributed by atoms with Crippen LogP contribution in [0.5, 0.6) is 5.88 Å². The molecule has 0 unspecified atom stereocenters. The van der Waals surface area contributed by atoms with Crippen LogP contribution in [0.3, 0.4) is 0 Å². The Morgan fingerprint density at radius 2 is 2.06 bits per heavy atom. The van der Waals surface area contributed by atoms with E-state index in [0.29, 0.717) is 30.1 Å². The van der Waals surface area contributed by atoms with Gasteiger partial charge in [-0.05, 0) is 45.6 Å². The zero-order valence-corrected chi connectivity index (χ0v) is 21.7. The summed E-state index contributed by atoms with van der Waals surface area (Å²) in [5.74, 6) is 7.01. The Morgan fingerprint density at radius 1 is 1.34 bits per heavy atom. The number of nitrogens with one attached hydrogen (secondary N) is 1. The Kier molecular flexibility index (Phi) is 9.39. The maximum absolute atomic E-state index is 13.5. The smallest absolute Gasteiger partial charge is 0.317 e. The van der Waals surface area contributed by atoms with Crippen LogP contribution in [-0.2, 0) is 0 Å². The Bertz CT molecular complexity index is 948. The number of pyridine rings is 1. The minimum absolute atomic E-state index is 0.0229. The molecule has 0 bridgehead atoms. The molecule has 0 aromatic carbocycles. The lowest BCUT2D eigenvalue weighted by molar-refractivity contribution is 0.0351. The monoisotopic (exact) mass is 484 g/mol. The standard InChI is InChI=1S/C27H40N4O4/c1-18(2)29-27(34)30(5)16-24-19(3)15-31(20(4)17-32)26(33)23-13-22(14-28-25(23)35-24)12-8-11-21-9-6-7-10-21/h13-14,18-21,24,32H,6-7,9-11,15-17H2,1-5H3,(H,29,34)/t19-,20-,24+/m0/s1. The number of carbonyl (C=O) groups is 2. The van der Waals surface area contributed by atoms with Crippen LogP contribution in [0.1, 0.15) is 75.7 Å². The van der Waals surface area contributed by atoms with Gasteiger partial charge in [0.15, 0.2) is 0 Å². The van der Waals surface area contributed by atoms with E-state index in [1.54, 1.807) is 29.1 Å². The van der Waals surface area contributed by atoms with E-state index in [4.69, 9.17) is 4.74 Å². The van der Waals surface area contributed by atoms with Gasteiger partial charge in [0.05, 0.1) is 19.2 Å². The summed E-state index contributed by atoms with van der Waals surface area (Å²) in [5, 5.41) is 12.7. The highest BCUT2D eigenvalue weighted by atomic mass is 16.5.